The number of benzene rings is 6. The Balaban J connectivity index is 1.28. The summed E-state index contributed by atoms with van der Waals surface area (Å²) < 4.78 is 2.31. The molecule has 0 radical (unpaired) electrons. The molecule has 3 aromatic heterocycles. The smallest absolute Gasteiger partial charge is 0.138 e. The molecule has 0 fully saturated rings. The first-order chi connectivity index (χ1) is 23.8. The van der Waals surface area contributed by atoms with Gasteiger partial charge in [0.1, 0.15) is 11.6 Å². The summed E-state index contributed by atoms with van der Waals surface area (Å²) in [6.07, 6.45) is 0. The maximum Gasteiger partial charge on any atom is 0.138 e. The molecule has 4 heteroatoms. The Bertz CT molecular complexity index is 2670. The zero-order chi connectivity index (χ0) is 31.6. The van der Waals surface area contributed by atoms with Crippen LogP contribution >= 0.6 is 0 Å². The molecule has 4 heterocycles. The van der Waals surface area contributed by atoms with Gasteiger partial charge in [-0.2, -0.15) is 0 Å². The molecule has 224 valence electrons. The SMILES string of the molecule is c1ccc(-c2cccc(N3c4cc5c(cc4-c4cccc6cccc3c46)c3ccccc3n5-c3cccc(-c4ccccc4)n3)n2)cc1. The van der Waals surface area contributed by atoms with Gasteiger partial charge in [0.2, 0.25) is 0 Å². The average molecular weight is 613 g/mol. The van der Waals surface area contributed by atoms with E-state index in [0.717, 1.165) is 56.6 Å². The molecule has 0 aliphatic carbocycles. The lowest BCUT2D eigenvalue weighted by Gasteiger charge is -2.33. The minimum atomic E-state index is 0.880. The molecule has 0 bridgehead atoms. The predicted octanol–water partition coefficient (Wildman–Crippen LogP) is 11.5. The molecule has 0 amide bonds. The summed E-state index contributed by atoms with van der Waals surface area (Å²) in [5.74, 6) is 1.77. The lowest BCUT2D eigenvalue weighted by molar-refractivity contribution is 1.08. The molecule has 48 heavy (non-hydrogen) atoms. The number of anilines is 3. The van der Waals surface area contributed by atoms with Crippen LogP contribution in [0.1, 0.15) is 0 Å². The van der Waals surface area contributed by atoms with Gasteiger partial charge in [-0.3, -0.25) is 9.47 Å². The Labute approximate surface area is 277 Å². The van der Waals surface area contributed by atoms with Crippen molar-refractivity contribution in [1.82, 2.24) is 14.5 Å². The van der Waals surface area contributed by atoms with Gasteiger partial charge in [-0.1, -0.05) is 121 Å². The van der Waals surface area contributed by atoms with E-state index in [-0.39, 0.29) is 0 Å². The van der Waals surface area contributed by atoms with Gasteiger partial charge in [-0.25, -0.2) is 9.97 Å². The van der Waals surface area contributed by atoms with Crippen LogP contribution in [0.15, 0.2) is 170 Å². The van der Waals surface area contributed by atoms with Crippen molar-refractivity contribution in [1.29, 1.82) is 0 Å². The molecule has 1 aliphatic rings. The maximum absolute atomic E-state index is 5.28. The summed E-state index contributed by atoms with van der Waals surface area (Å²) in [5.41, 5.74) is 10.9. The second kappa shape index (κ2) is 10.5. The maximum atomic E-state index is 5.28. The number of aromatic nitrogens is 3. The number of hydrogen-bond donors (Lipinski definition) is 0. The third-order valence-electron chi connectivity index (χ3n) is 9.51. The molecule has 1 aliphatic heterocycles. The molecule has 6 aromatic carbocycles. The van der Waals surface area contributed by atoms with E-state index in [1.54, 1.807) is 0 Å². The largest absolute Gasteiger partial charge is 0.294 e. The predicted molar refractivity (Wildman–Crippen MR) is 198 cm³/mol. The van der Waals surface area contributed by atoms with Crippen LogP contribution in [0.25, 0.3) is 72.0 Å². The molecule has 0 N–H and O–H groups in total. The fraction of sp³-hybridized carbons (Fsp3) is 0. The van der Waals surface area contributed by atoms with Crippen LogP contribution in [-0.2, 0) is 0 Å². The second-order valence-electron chi connectivity index (χ2n) is 12.2. The van der Waals surface area contributed by atoms with Crippen molar-refractivity contribution < 1.29 is 0 Å². The van der Waals surface area contributed by atoms with Crippen molar-refractivity contribution >= 4 is 49.8 Å². The van der Waals surface area contributed by atoms with Gasteiger partial charge in [0.25, 0.3) is 0 Å². The summed E-state index contributed by atoms with van der Waals surface area (Å²) in [4.78, 5) is 12.8. The number of para-hydroxylation sites is 1. The Morgan fingerprint density at radius 1 is 0.396 bits per heavy atom. The summed E-state index contributed by atoms with van der Waals surface area (Å²) in [7, 11) is 0. The van der Waals surface area contributed by atoms with E-state index in [9.17, 15) is 0 Å². The van der Waals surface area contributed by atoms with E-state index in [2.05, 4.69) is 167 Å². The summed E-state index contributed by atoms with van der Waals surface area (Å²) in [6.45, 7) is 0. The summed E-state index contributed by atoms with van der Waals surface area (Å²) in [5, 5.41) is 4.84. The van der Waals surface area contributed by atoms with Crippen molar-refractivity contribution in [3.05, 3.63) is 170 Å². The first-order valence-corrected chi connectivity index (χ1v) is 16.3. The second-order valence-corrected chi connectivity index (χ2v) is 12.2. The van der Waals surface area contributed by atoms with Gasteiger partial charge in [0.05, 0.1) is 33.8 Å². The Hall–Kier alpha value is -6.52. The number of pyridine rings is 2. The number of fused-ring (bicyclic) bond motifs is 5. The van der Waals surface area contributed by atoms with Gasteiger partial charge in [0.15, 0.2) is 0 Å². The standard InChI is InChI=1S/C44H28N4/c1-3-13-29(14-4-1)36-21-11-25-42(45-36)47-38-23-8-7-19-32(38)34-27-35-33-20-9-17-31-18-10-24-39(44(31)33)48(41(35)28-40(34)47)43-26-12-22-37(46-43)30-15-5-2-6-16-30/h1-28H. The van der Waals surface area contributed by atoms with E-state index in [1.807, 2.05) is 12.1 Å². The molecule has 0 unspecified atom stereocenters. The lowest BCUT2D eigenvalue weighted by atomic mass is 9.90. The van der Waals surface area contributed by atoms with Crippen molar-refractivity contribution in [3.63, 3.8) is 0 Å². The van der Waals surface area contributed by atoms with Gasteiger partial charge in [0, 0.05) is 32.8 Å². The van der Waals surface area contributed by atoms with Crippen LogP contribution in [-0.4, -0.2) is 14.5 Å². The monoisotopic (exact) mass is 612 g/mol. The highest BCUT2D eigenvalue weighted by molar-refractivity contribution is 6.18. The van der Waals surface area contributed by atoms with Gasteiger partial charge in [-0.15, -0.1) is 0 Å². The van der Waals surface area contributed by atoms with Gasteiger partial charge in [-0.05, 0) is 59.5 Å². The minimum Gasteiger partial charge on any atom is -0.294 e. The lowest BCUT2D eigenvalue weighted by Crippen LogP contribution is -2.16. The van der Waals surface area contributed by atoms with Crippen molar-refractivity contribution in [3.8, 4) is 39.5 Å². The van der Waals surface area contributed by atoms with Crippen molar-refractivity contribution in [2.45, 2.75) is 0 Å². The molecule has 4 nitrogen and oxygen atoms in total. The van der Waals surface area contributed by atoms with Gasteiger partial charge < -0.3 is 0 Å². The van der Waals surface area contributed by atoms with E-state index >= 15 is 0 Å². The zero-order valence-corrected chi connectivity index (χ0v) is 26.0. The normalized spacial score (nSPS) is 12.1. The minimum absolute atomic E-state index is 0.880. The van der Waals surface area contributed by atoms with Crippen LogP contribution < -0.4 is 4.90 Å². The van der Waals surface area contributed by atoms with E-state index in [4.69, 9.17) is 9.97 Å². The highest BCUT2D eigenvalue weighted by Crippen LogP contribution is 2.52. The quantitative estimate of drug-likeness (QED) is 0.198. The molecule has 0 atom stereocenters. The van der Waals surface area contributed by atoms with Gasteiger partial charge >= 0.3 is 0 Å². The number of nitrogens with zero attached hydrogens (tertiary/aromatic N) is 4. The molecular weight excluding hydrogens is 585 g/mol. The fourth-order valence-electron chi connectivity index (χ4n) is 7.40. The molecule has 0 saturated heterocycles. The van der Waals surface area contributed by atoms with Crippen LogP contribution in [0.3, 0.4) is 0 Å². The van der Waals surface area contributed by atoms with Crippen LogP contribution in [0.5, 0.6) is 0 Å². The zero-order valence-electron chi connectivity index (χ0n) is 26.0. The third kappa shape index (κ3) is 4.03. The highest BCUT2D eigenvalue weighted by atomic mass is 15.2. The van der Waals surface area contributed by atoms with Crippen LogP contribution in [0, 0.1) is 0 Å². The molecule has 9 aromatic rings. The van der Waals surface area contributed by atoms with Crippen molar-refractivity contribution in [2.75, 3.05) is 4.90 Å². The third-order valence-corrected chi connectivity index (χ3v) is 9.51. The number of hydrogen-bond acceptors (Lipinski definition) is 3. The number of rotatable bonds is 4. The summed E-state index contributed by atoms with van der Waals surface area (Å²) in [6, 6.07) is 60.0. The molecule has 0 saturated carbocycles. The molecule has 0 spiro atoms. The summed E-state index contributed by atoms with van der Waals surface area (Å²) >= 11 is 0. The Morgan fingerprint density at radius 2 is 1.02 bits per heavy atom. The molecular formula is C44H28N4. The highest BCUT2D eigenvalue weighted by Gasteiger charge is 2.29. The first kappa shape index (κ1) is 26.7. The van der Waals surface area contributed by atoms with Crippen molar-refractivity contribution in [2.24, 2.45) is 0 Å². The van der Waals surface area contributed by atoms with Crippen LogP contribution in [0.4, 0.5) is 17.2 Å². The van der Waals surface area contributed by atoms with E-state index in [1.165, 1.54) is 32.7 Å². The fourth-order valence-corrected chi connectivity index (χ4v) is 7.40. The molecule has 10 rings (SSSR count). The Kier molecular flexibility index (Phi) is 5.84. The van der Waals surface area contributed by atoms with E-state index in [0.29, 0.717) is 0 Å². The van der Waals surface area contributed by atoms with Crippen LogP contribution in [0.2, 0.25) is 0 Å². The average Bonchev–Trinajstić information content (AvgIpc) is 3.48. The Morgan fingerprint density at radius 3 is 1.77 bits per heavy atom. The topological polar surface area (TPSA) is 34.0 Å². The first-order valence-electron chi connectivity index (χ1n) is 16.3. The van der Waals surface area contributed by atoms with E-state index < -0.39 is 0 Å².